The number of methoxy groups -OCH3 is 1. The molecule has 1 aromatic carbocycles. The van der Waals surface area contributed by atoms with Crippen molar-refractivity contribution < 1.29 is 13.2 Å². The molecule has 1 aromatic rings. The van der Waals surface area contributed by atoms with Crippen LogP contribution in [0, 0.1) is 6.92 Å². The monoisotopic (exact) mass is 368 g/mol. The molecule has 0 saturated carbocycles. The zero-order valence-electron chi connectivity index (χ0n) is 15.2. The summed E-state index contributed by atoms with van der Waals surface area (Å²) in [7, 11) is 0.341. The molecule has 1 saturated heterocycles. The summed E-state index contributed by atoms with van der Waals surface area (Å²) in [5, 5.41) is 6.41. The van der Waals surface area contributed by atoms with E-state index in [4.69, 9.17) is 4.74 Å². The van der Waals surface area contributed by atoms with Crippen molar-refractivity contribution in [3.63, 3.8) is 0 Å². The second kappa shape index (κ2) is 9.05. The van der Waals surface area contributed by atoms with Gasteiger partial charge in [-0.15, -0.1) is 0 Å². The Kier molecular flexibility index (Phi) is 7.07. The second-order valence-corrected chi connectivity index (χ2v) is 8.15. The maximum atomic E-state index is 11.8. The van der Waals surface area contributed by atoms with E-state index in [1.54, 1.807) is 14.2 Å². The summed E-state index contributed by atoms with van der Waals surface area (Å²) in [6.07, 6.45) is 1.53. The molecule has 1 aliphatic rings. The smallest absolute Gasteiger partial charge is 0.214 e. The molecule has 2 N–H and O–H groups in total. The van der Waals surface area contributed by atoms with Gasteiger partial charge in [0.05, 0.1) is 12.9 Å². The Labute approximate surface area is 150 Å². The lowest BCUT2D eigenvalue weighted by atomic mass is 10.1. The minimum Gasteiger partial charge on any atom is -0.496 e. The number of guanidine groups is 1. The minimum atomic E-state index is -3.04. The molecule has 0 aromatic heterocycles. The highest BCUT2D eigenvalue weighted by Crippen LogP contribution is 2.19. The number of rotatable bonds is 7. The van der Waals surface area contributed by atoms with Gasteiger partial charge in [-0.1, -0.05) is 17.7 Å². The van der Waals surface area contributed by atoms with Gasteiger partial charge in [-0.25, -0.2) is 12.7 Å². The number of hydrogen-bond donors (Lipinski definition) is 2. The Morgan fingerprint density at radius 2 is 2.08 bits per heavy atom. The Morgan fingerprint density at radius 1 is 1.32 bits per heavy atom. The van der Waals surface area contributed by atoms with Crippen molar-refractivity contribution in [2.24, 2.45) is 4.99 Å². The predicted octanol–water partition coefficient (Wildman–Crippen LogP) is 0.747. The van der Waals surface area contributed by atoms with Crippen molar-refractivity contribution in [1.82, 2.24) is 14.9 Å². The fourth-order valence-corrected chi connectivity index (χ4v) is 4.41. The molecule has 0 unspecified atom stereocenters. The first-order valence-electron chi connectivity index (χ1n) is 8.52. The highest BCUT2D eigenvalue weighted by molar-refractivity contribution is 7.89. The van der Waals surface area contributed by atoms with Crippen LogP contribution in [0.4, 0.5) is 0 Å². The first-order valence-corrected chi connectivity index (χ1v) is 10.1. The van der Waals surface area contributed by atoms with E-state index >= 15 is 0 Å². The van der Waals surface area contributed by atoms with Gasteiger partial charge in [0.1, 0.15) is 5.75 Å². The second-order valence-electron chi connectivity index (χ2n) is 6.06. The van der Waals surface area contributed by atoms with E-state index in [1.165, 1.54) is 9.87 Å². The Balaban J connectivity index is 1.76. The van der Waals surface area contributed by atoms with Crippen molar-refractivity contribution in [1.29, 1.82) is 0 Å². The van der Waals surface area contributed by atoms with Gasteiger partial charge in [0.15, 0.2) is 5.96 Å². The van der Waals surface area contributed by atoms with Gasteiger partial charge in [-0.05, 0) is 31.4 Å². The molecule has 0 radical (unpaired) electrons. The lowest BCUT2D eigenvalue weighted by Gasteiger charge is -2.17. The number of benzene rings is 1. The molecule has 0 atom stereocenters. The lowest BCUT2D eigenvalue weighted by Crippen LogP contribution is -2.42. The van der Waals surface area contributed by atoms with Crippen LogP contribution in [0.15, 0.2) is 23.2 Å². The van der Waals surface area contributed by atoms with Gasteiger partial charge in [0, 0.05) is 33.2 Å². The van der Waals surface area contributed by atoms with Crippen LogP contribution >= 0.6 is 0 Å². The molecule has 140 valence electrons. The zero-order valence-corrected chi connectivity index (χ0v) is 16.0. The van der Waals surface area contributed by atoms with Gasteiger partial charge in [0.25, 0.3) is 0 Å². The number of aliphatic imine (C=N–C) groups is 1. The van der Waals surface area contributed by atoms with Gasteiger partial charge in [-0.3, -0.25) is 4.99 Å². The maximum absolute atomic E-state index is 11.8. The number of aryl methyl sites for hydroxylation is 1. The zero-order chi connectivity index (χ0) is 18.3. The summed E-state index contributed by atoms with van der Waals surface area (Å²) >= 11 is 0. The molecule has 7 nitrogen and oxygen atoms in total. The van der Waals surface area contributed by atoms with Crippen molar-refractivity contribution in [2.75, 3.05) is 46.1 Å². The summed E-state index contributed by atoms with van der Waals surface area (Å²) in [5.41, 5.74) is 2.35. The quantitative estimate of drug-likeness (QED) is 0.548. The summed E-state index contributed by atoms with van der Waals surface area (Å²) in [5.74, 6) is 1.82. The SMILES string of the molecule is CN=C(NCCc1cc(C)ccc1OC)NCCN1CCCS1(=O)=O. The fraction of sp³-hybridized carbons (Fsp3) is 0.588. The van der Waals surface area contributed by atoms with Crippen LogP contribution in [0.2, 0.25) is 0 Å². The van der Waals surface area contributed by atoms with Crippen LogP contribution in [0.5, 0.6) is 5.75 Å². The number of hydrogen-bond acceptors (Lipinski definition) is 4. The third-order valence-corrected chi connectivity index (χ3v) is 6.16. The van der Waals surface area contributed by atoms with Crippen LogP contribution in [-0.2, 0) is 16.4 Å². The largest absolute Gasteiger partial charge is 0.496 e. The lowest BCUT2D eigenvalue weighted by molar-refractivity contribution is 0.409. The van der Waals surface area contributed by atoms with Crippen LogP contribution in [0.1, 0.15) is 17.5 Å². The molecule has 8 heteroatoms. The van der Waals surface area contributed by atoms with Gasteiger partial charge < -0.3 is 15.4 Å². The van der Waals surface area contributed by atoms with Gasteiger partial charge in [-0.2, -0.15) is 0 Å². The van der Waals surface area contributed by atoms with E-state index in [0.29, 0.717) is 38.6 Å². The molecule has 1 heterocycles. The molecule has 1 fully saturated rings. The molecule has 0 spiro atoms. The Hall–Kier alpha value is -1.80. The van der Waals surface area contributed by atoms with Crippen LogP contribution in [0.3, 0.4) is 0 Å². The van der Waals surface area contributed by atoms with Crippen molar-refractivity contribution in [2.45, 2.75) is 19.8 Å². The standard InChI is InChI=1S/C17H28N4O3S/c1-14-5-6-16(24-3)15(13-14)7-8-19-17(18-2)20-9-11-21-10-4-12-25(21,22)23/h5-6,13H,4,7-12H2,1-3H3,(H2,18,19,20). The highest BCUT2D eigenvalue weighted by Gasteiger charge is 2.27. The van der Waals surface area contributed by atoms with Crippen molar-refractivity contribution >= 4 is 16.0 Å². The van der Waals surface area contributed by atoms with Crippen LogP contribution in [0.25, 0.3) is 0 Å². The minimum absolute atomic E-state index is 0.262. The van der Waals surface area contributed by atoms with Crippen LogP contribution < -0.4 is 15.4 Å². The molecule has 1 aliphatic heterocycles. The number of sulfonamides is 1. The van der Waals surface area contributed by atoms with Crippen LogP contribution in [-0.4, -0.2) is 64.8 Å². The fourth-order valence-electron chi connectivity index (χ4n) is 2.88. The summed E-state index contributed by atoms with van der Waals surface area (Å²) in [6.45, 7) is 4.38. The molecule has 25 heavy (non-hydrogen) atoms. The van der Waals surface area contributed by atoms with E-state index < -0.39 is 10.0 Å². The highest BCUT2D eigenvalue weighted by atomic mass is 32.2. The average Bonchev–Trinajstić information content (AvgIpc) is 2.92. The number of ether oxygens (including phenoxy) is 1. The summed E-state index contributed by atoms with van der Waals surface area (Å²) in [6, 6.07) is 6.13. The normalized spacial score (nSPS) is 17.5. The third kappa shape index (κ3) is 5.61. The summed E-state index contributed by atoms with van der Waals surface area (Å²) < 4.78 is 30.5. The Bertz CT molecular complexity index is 704. The van der Waals surface area contributed by atoms with Crippen molar-refractivity contribution in [3.05, 3.63) is 29.3 Å². The maximum Gasteiger partial charge on any atom is 0.214 e. The summed E-state index contributed by atoms with van der Waals surface area (Å²) in [4.78, 5) is 4.18. The third-order valence-electron chi connectivity index (χ3n) is 4.20. The van der Waals surface area contributed by atoms with E-state index in [1.807, 2.05) is 12.1 Å². The molecule has 0 bridgehead atoms. The van der Waals surface area contributed by atoms with Crippen molar-refractivity contribution in [3.8, 4) is 5.75 Å². The van der Waals surface area contributed by atoms with E-state index in [0.717, 1.165) is 17.7 Å². The molecule has 2 rings (SSSR count). The molecule has 0 aliphatic carbocycles. The number of nitrogens with zero attached hydrogens (tertiary/aromatic N) is 2. The average molecular weight is 369 g/mol. The first kappa shape index (κ1) is 19.5. The molecule has 0 amide bonds. The number of nitrogens with one attached hydrogen (secondary N) is 2. The van der Waals surface area contributed by atoms with E-state index in [9.17, 15) is 8.42 Å². The molecular weight excluding hydrogens is 340 g/mol. The Morgan fingerprint density at radius 3 is 2.72 bits per heavy atom. The van der Waals surface area contributed by atoms with E-state index in [-0.39, 0.29) is 5.75 Å². The topological polar surface area (TPSA) is 83.0 Å². The molecular formula is C17H28N4O3S. The van der Waals surface area contributed by atoms with Gasteiger partial charge >= 0.3 is 0 Å². The first-order chi connectivity index (χ1) is 12.0. The van der Waals surface area contributed by atoms with E-state index in [2.05, 4.69) is 28.6 Å². The predicted molar refractivity (Wildman–Crippen MR) is 101 cm³/mol. The van der Waals surface area contributed by atoms with Gasteiger partial charge in [0.2, 0.25) is 10.0 Å².